The van der Waals surface area contributed by atoms with Gasteiger partial charge in [0.2, 0.25) is 0 Å². The number of phosphoric acid groups is 1. The topological polar surface area (TPSA) is 134 Å². The number of carbonyl (C=O) groups is 2. The van der Waals surface area contributed by atoms with Crippen LogP contribution in [0, 0.1) is 0 Å². The monoisotopic (exact) mass is 812 g/mol. The van der Waals surface area contributed by atoms with Crippen molar-refractivity contribution in [3.8, 4) is 0 Å². The van der Waals surface area contributed by atoms with Crippen LogP contribution < -0.4 is 5.73 Å². The molecule has 0 amide bonds. The smallest absolute Gasteiger partial charge is 0.462 e. The number of nitrogens with two attached hydrogens (primary N) is 1. The molecule has 9 nitrogen and oxygen atoms in total. The summed E-state index contributed by atoms with van der Waals surface area (Å²) in [5, 5.41) is 0. The summed E-state index contributed by atoms with van der Waals surface area (Å²) in [7, 11) is -4.37. The second-order valence-corrected chi connectivity index (χ2v) is 16.7. The van der Waals surface area contributed by atoms with Gasteiger partial charge in [-0.1, -0.05) is 172 Å². The molecule has 0 aromatic rings. The summed E-state index contributed by atoms with van der Waals surface area (Å²) in [6, 6.07) is 0. The summed E-state index contributed by atoms with van der Waals surface area (Å²) in [5.41, 5.74) is 5.34. The van der Waals surface area contributed by atoms with Crippen molar-refractivity contribution >= 4 is 19.8 Å². The van der Waals surface area contributed by atoms with E-state index in [-0.39, 0.29) is 32.6 Å². The number of esters is 2. The molecule has 0 radical (unpaired) electrons. The molecule has 0 aromatic heterocycles. The summed E-state index contributed by atoms with van der Waals surface area (Å²) >= 11 is 0. The van der Waals surface area contributed by atoms with Crippen molar-refractivity contribution in [1.29, 1.82) is 0 Å². The van der Waals surface area contributed by atoms with Crippen LogP contribution in [-0.2, 0) is 32.7 Å². The van der Waals surface area contributed by atoms with E-state index in [9.17, 15) is 19.0 Å². The zero-order chi connectivity index (χ0) is 41.1. The van der Waals surface area contributed by atoms with E-state index in [2.05, 4.69) is 50.3 Å². The minimum atomic E-state index is -4.37. The van der Waals surface area contributed by atoms with Gasteiger partial charge in [0.1, 0.15) is 6.61 Å². The highest BCUT2D eigenvalue weighted by Crippen LogP contribution is 2.43. The fraction of sp³-hybridized carbons (Fsp3) is 0.826. The third kappa shape index (κ3) is 41.9. The molecular weight excluding hydrogens is 725 g/mol. The fourth-order valence-corrected chi connectivity index (χ4v) is 7.08. The number of hydrogen-bond donors (Lipinski definition) is 2. The molecule has 0 spiro atoms. The Morgan fingerprint density at radius 2 is 0.964 bits per heavy atom. The molecular formula is C46H86NO8P. The lowest BCUT2D eigenvalue weighted by Crippen LogP contribution is -2.29. The van der Waals surface area contributed by atoms with Gasteiger partial charge in [0.05, 0.1) is 13.2 Å². The largest absolute Gasteiger partial charge is 0.472 e. The first-order valence-electron chi connectivity index (χ1n) is 23.0. The Kier molecular flexibility index (Phi) is 41.5. The number of ether oxygens (including phenoxy) is 2. The zero-order valence-corrected chi connectivity index (χ0v) is 37.0. The van der Waals surface area contributed by atoms with Gasteiger partial charge < -0.3 is 20.1 Å². The van der Waals surface area contributed by atoms with Crippen molar-refractivity contribution in [1.82, 2.24) is 0 Å². The molecule has 0 saturated carbocycles. The van der Waals surface area contributed by atoms with Gasteiger partial charge in [-0.2, -0.15) is 0 Å². The molecule has 2 unspecified atom stereocenters. The fourth-order valence-electron chi connectivity index (χ4n) is 6.31. The van der Waals surface area contributed by atoms with E-state index in [1.54, 1.807) is 0 Å². The van der Waals surface area contributed by atoms with E-state index in [1.807, 2.05) is 0 Å². The second-order valence-electron chi connectivity index (χ2n) is 15.3. The number of hydrogen-bond acceptors (Lipinski definition) is 8. The zero-order valence-electron chi connectivity index (χ0n) is 36.1. The van der Waals surface area contributed by atoms with E-state index in [0.717, 1.165) is 70.6 Å². The molecule has 56 heavy (non-hydrogen) atoms. The van der Waals surface area contributed by atoms with Crippen LogP contribution in [0.5, 0.6) is 0 Å². The minimum Gasteiger partial charge on any atom is -0.462 e. The van der Waals surface area contributed by atoms with Crippen LogP contribution in [0.2, 0.25) is 0 Å². The summed E-state index contributed by atoms with van der Waals surface area (Å²) in [6.07, 6.45) is 47.6. The first-order valence-corrected chi connectivity index (χ1v) is 24.5. The average Bonchev–Trinajstić information content (AvgIpc) is 3.18. The van der Waals surface area contributed by atoms with Crippen LogP contribution in [0.3, 0.4) is 0 Å². The van der Waals surface area contributed by atoms with Gasteiger partial charge in [-0.25, -0.2) is 4.57 Å². The Balaban J connectivity index is 3.99. The number of rotatable bonds is 43. The van der Waals surface area contributed by atoms with Crippen LogP contribution in [0.1, 0.15) is 213 Å². The van der Waals surface area contributed by atoms with Gasteiger partial charge in [0.15, 0.2) is 6.10 Å². The Hall–Kier alpha value is -1.77. The van der Waals surface area contributed by atoms with Gasteiger partial charge in [-0.3, -0.25) is 18.6 Å². The molecule has 10 heteroatoms. The maximum atomic E-state index is 12.6. The summed E-state index contributed by atoms with van der Waals surface area (Å²) in [6.45, 7) is 3.66. The standard InChI is InChI=1S/C46H86NO8P/c1-3-5-7-9-11-13-15-16-17-18-19-20-21-22-23-24-25-26-27-28-29-31-33-35-37-39-46(49)55-44(43-54-56(50,51)53-41-40-47)42-52-45(48)38-36-34-32-30-14-12-10-8-6-4-2/h8,10,15-16,18-19,44H,3-7,9,11-14,17,20-43,47H2,1-2H3,(H,50,51)/b10-8-,16-15-,19-18-. The number of unbranched alkanes of at least 4 members (excludes halogenated alkanes) is 24. The van der Waals surface area contributed by atoms with Crippen molar-refractivity contribution in [2.45, 2.75) is 219 Å². The summed E-state index contributed by atoms with van der Waals surface area (Å²) < 4.78 is 32.7. The molecule has 0 saturated heterocycles. The predicted octanol–water partition coefficient (Wildman–Crippen LogP) is 13.3. The highest BCUT2D eigenvalue weighted by atomic mass is 31.2. The molecule has 0 fully saturated rings. The van der Waals surface area contributed by atoms with Crippen LogP contribution in [0.25, 0.3) is 0 Å². The van der Waals surface area contributed by atoms with Gasteiger partial charge >= 0.3 is 19.8 Å². The van der Waals surface area contributed by atoms with Crippen LogP contribution in [0.4, 0.5) is 0 Å². The van der Waals surface area contributed by atoms with E-state index < -0.39 is 32.5 Å². The van der Waals surface area contributed by atoms with Gasteiger partial charge in [0.25, 0.3) is 0 Å². The molecule has 0 heterocycles. The maximum Gasteiger partial charge on any atom is 0.472 e. The Bertz CT molecular complexity index is 1020. The molecule has 0 rings (SSSR count). The molecule has 328 valence electrons. The molecule has 0 bridgehead atoms. The predicted molar refractivity (Wildman–Crippen MR) is 234 cm³/mol. The normalized spacial score (nSPS) is 13.6. The van der Waals surface area contributed by atoms with Crippen molar-refractivity contribution in [3.63, 3.8) is 0 Å². The third-order valence-electron chi connectivity index (χ3n) is 9.73. The van der Waals surface area contributed by atoms with Crippen LogP contribution in [0.15, 0.2) is 36.5 Å². The number of carbonyl (C=O) groups excluding carboxylic acids is 2. The SMILES string of the molecule is CCC/C=C\CCCCCCCC(=O)OCC(COP(=O)(O)OCCN)OC(=O)CCCCCCCCCCCCCCC/C=C\C/C=C\CCCCCCC. The Morgan fingerprint density at radius 1 is 0.536 bits per heavy atom. The maximum absolute atomic E-state index is 12.6. The van der Waals surface area contributed by atoms with E-state index in [4.69, 9.17) is 24.3 Å². The average molecular weight is 812 g/mol. The second kappa shape index (κ2) is 42.8. The van der Waals surface area contributed by atoms with Crippen molar-refractivity contribution in [2.24, 2.45) is 5.73 Å². The minimum absolute atomic E-state index is 0.0523. The number of phosphoric ester groups is 1. The van der Waals surface area contributed by atoms with Gasteiger partial charge in [0, 0.05) is 19.4 Å². The van der Waals surface area contributed by atoms with E-state index in [0.29, 0.717) is 6.42 Å². The van der Waals surface area contributed by atoms with Crippen LogP contribution >= 0.6 is 7.82 Å². The van der Waals surface area contributed by atoms with Gasteiger partial charge in [-0.05, 0) is 64.2 Å². The van der Waals surface area contributed by atoms with Crippen molar-refractivity contribution in [3.05, 3.63) is 36.5 Å². The molecule has 0 aromatic carbocycles. The Morgan fingerprint density at radius 3 is 1.45 bits per heavy atom. The quantitative estimate of drug-likeness (QED) is 0.0267. The summed E-state index contributed by atoms with van der Waals surface area (Å²) in [5.74, 6) is -0.839. The first kappa shape index (κ1) is 54.2. The number of allylic oxidation sites excluding steroid dienone is 6. The highest BCUT2D eigenvalue weighted by Gasteiger charge is 2.26. The lowest BCUT2D eigenvalue weighted by Gasteiger charge is -2.19. The van der Waals surface area contributed by atoms with Crippen LogP contribution in [-0.4, -0.2) is 49.3 Å². The van der Waals surface area contributed by atoms with Crippen molar-refractivity contribution < 1.29 is 37.6 Å². The molecule has 0 aliphatic carbocycles. The molecule has 2 atom stereocenters. The first-order chi connectivity index (χ1) is 27.3. The van der Waals surface area contributed by atoms with E-state index in [1.165, 1.54) is 109 Å². The Labute approximate surface area is 344 Å². The van der Waals surface area contributed by atoms with Crippen molar-refractivity contribution in [2.75, 3.05) is 26.4 Å². The lowest BCUT2D eigenvalue weighted by molar-refractivity contribution is -0.161. The lowest BCUT2D eigenvalue weighted by atomic mass is 10.0. The molecule has 0 aliphatic heterocycles. The highest BCUT2D eigenvalue weighted by molar-refractivity contribution is 7.47. The molecule has 0 aliphatic rings. The molecule has 3 N–H and O–H groups in total. The van der Waals surface area contributed by atoms with E-state index >= 15 is 0 Å². The van der Waals surface area contributed by atoms with Gasteiger partial charge in [-0.15, -0.1) is 0 Å². The third-order valence-corrected chi connectivity index (χ3v) is 10.7. The summed E-state index contributed by atoms with van der Waals surface area (Å²) in [4.78, 5) is 34.8.